The van der Waals surface area contributed by atoms with Crippen molar-refractivity contribution in [1.29, 1.82) is 0 Å². The molecule has 0 aromatic carbocycles. The van der Waals surface area contributed by atoms with Crippen molar-refractivity contribution in [2.45, 2.75) is 71.7 Å². The van der Waals surface area contributed by atoms with Crippen molar-refractivity contribution in [2.75, 3.05) is 72.8 Å². The molecule has 0 N–H and O–H groups in total. The van der Waals surface area contributed by atoms with Crippen LogP contribution in [0.3, 0.4) is 0 Å². The molecule has 1 aliphatic rings. The van der Waals surface area contributed by atoms with Gasteiger partial charge >= 0.3 is 11.9 Å². The summed E-state index contributed by atoms with van der Waals surface area (Å²) in [5.41, 5.74) is 0. The van der Waals surface area contributed by atoms with Crippen LogP contribution < -0.4 is 0 Å². The Morgan fingerprint density at radius 1 is 0.909 bits per heavy atom. The van der Waals surface area contributed by atoms with Gasteiger partial charge in [0.2, 0.25) is 0 Å². The Bertz CT molecular complexity index is 529. The second-order valence-corrected chi connectivity index (χ2v) is 8.88. The van der Waals surface area contributed by atoms with Gasteiger partial charge in [-0.05, 0) is 53.8 Å². The molecule has 1 rings (SSSR count). The van der Waals surface area contributed by atoms with E-state index in [9.17, 15) is 9.59 Å². The number of hydrogen-bond acceptors (Lipinski definition) is 9. The van der Waals surface area contributed by atoms with Gasteiger partial charge in [-0.3, -0.25) is 14.5 Å². The van der Waals surface area contributed by atoms with Crippen LogP contribution in [0.4, 0.5) is 0 Å². The first kappa shape index (κ1) is 29.8. The van der Waals surface area contributed by atoms with E-state index in [1.54, 1.807) is 0 Å². The summed E-state index contributed by atoms with van der Waals surface area (Å²) in [5, 5.41) is 0. The Balaban J connectivity index is 2.05. The predicted molar refractivity (Wildman–Crippen MR) is 126 cm³/mol. The molecule has 9 heteroatoms. The topological polar surface area (TPSA) is 86.8 Å². The van der Waals surface area contributed by atoms with Gasteiger partial charge in [-0.1, -0.05) is 6.92 Å². The first-order valence-electron chi connectivity index (χ1n) is 12.4. The lowest BCUT2D eigenvalue weighted by atomic mass is 10.3. The molecule has 0 aromatic heterocycles. The van der Waals surface area contributed by atoms with Crippen LogP contribution in [0.15, 0.2) is 0 Å². The highest BCUT2D eigenvalue weighted by Gasteiger charge is 2.15. The van der Waals surface area contributed by atoms with Crippen molar-refractivity contribution >= 4 is 11.9 Å². The maximum Gasteiger partial charge on any atom is 0.307 e. The molecule has 1 aliphatic heterocycles. The molecule has 3 unspecified atom stereocenters. The number of nitrogens with zero attached hydrogens (tertiary/aromatic N) is 2. The van der Waals surface area contributed by atoms with Crippen molar-refractivity contribution in [3.8, 4) is 0 Å². The molecule has 0 saturated carbocycles. The number of carbonyl (C=O) groups is 2. The normalized spacial score (nSPS) is 17.5. The number of hydrogen-bond donors (Lipinski definition) is 0. The molecule has 3 atom stereocenters. The van der Waals surface area contributed by atoms with Gasteiger partial charge in [-0.15, -0.1) is 0 Å². The molecule has 1 heterocycles. The quantitative estimate of drug-likeness (QED) is 0.277. The first-order chi connectivity index (χ1) is 15.8. The Morgan fingerprint density at radius 3 is 2.21 bits per heavy atom. The van der Waals surface area contributed by atoms with E-state index in [1.807, 2.05) is 34.7 Å². The smallest absolute Gasteiger partial charge is 0.307 e. The standard InChI is InChI=1S/C24H46N2O7/c1-6-8-23(27)32-18-21(3)30-17-20(2)31-19-22(4)33-24(28)9-12-25(5)10-7-11-26-13-15-29-16-14-26/h20-22H,6-19H2,1-5H3. The van der Waals surface area contributed by atoms with E-state index in [1.165, 1.54) is 0 Å². The SMILES string of the molecule is CCCC(=O)OCC(C)OCC(C)OCC(C)OC(=O)CCN(C)CCCN1CCOCC1. The third-order valence-electron chi connectivity index (χ3n) is 5.31. The minimum absolute atomic E-state index is 0.155. The van der Waals surface area contributed by atoms with E-state index >= 15 is 0 Å². The Kier molecular flexibility index (Phi) is 16.3. The molecule has 9 nitrogen and oxygen atoms in total. The van der Waals surface area contributed by atoms with Crippen molar-refractivity contribution in [3.63, 3.8) is 0 Å². The maximum atomic E-state index is 12.1. The van der Waals surface area contributed by atoms with Crippen molar-refractivity contribution in [1.82, 2.24) is 9.80 Å². The predicted octanol–water partition coefficient (Wildman–Crippen LogP) is 2.12. The zero-order valence-corrected chi connectivity index (χ0v) is 21.4. The summed E-state index contributed by atoms with van der Waals surface area (Å²) in [6.07, 6.45) is 1.97. The minimum Gasteiger partial charge on any atom is -0.463 e. The van der Waals surface area contributed by atoms with Gasteiger partial charge in [-0.25, -0.2) is 0 Å². The van der Waals surface area contributed by atoms with E-state index in [4.69, 9.17) is 23.7 Å². The molecular weight excluding hydrogens is 428 g/mol. The fourth-order valence-corrected chi connectivity index (χ4v) is 3.28. The second kappa shape index (κ2) is 18.1. The Morgan fingerprint density at radius 2 is 1.55 bits per heavy atom. The van der Waals surface area contributed by atoms with Crippen LogP contribution in [-0.4, -0.2) is 113 Å². The van der Waals surface area contributed by atoms with Gasteiger partial charge < -0.3 is 28.6 Å². The summed E-state index contributed by atoms with van der Waals surface area (Å²) in [6, 6.07) is 0. The van der Waals surface area contributed by atoms with Gasteiger partial charge in [0.15, 0.2) is 0 Å². The second-order valence-electron chi connectivity index (χ2n) is 8.88. The lowest BCUT2D eigenvalue weighted by molar-refractivity contribution is -0.154. The summed E-state index contributed by atoms with van der Waals surface area (Å²) >= 11 is 0. The lowest BCUT2D eigenvalue weighted by Gasteiger charge is -2.27. The summed E-state index contributed by atoms with van der Waals surface area (Å²) in [6.45, 7) is 14.8. The highest BCUT2D eigenvalue weighted by atomic mass is 16.6. The summed E-state index contributed by atoms with van der Waals surface area (Å²) < 4.78 is 27.3. The largest absolute Gasteiger partial charge is 0.463 e. The van der Waals surface area contributed by atoms with Crippen LogP contribution >= 0.6 is 0 Å². The van der Waals surface area contributed by atoms with E-state index in [-0.39, 0.29) is 36.9 Å². The molecule has 0 amide bonds. The minimum atomic E-state index is -0.320. The molecule has 0 radical (unpaired) electrons. The van der Waals surface area contributed by atoms with Crippen LogP contribution in [0.5, 0.6) is 0 Å². The van der Waals surface area contributed by atoms with E-state index in [0.717, 1.165) is 52.2 Å². The number of esters is 2. The molecule has 194 valence electrons. The monoisotopic (exact) mass is 474 g/mol. The summed E-state index contributed by atoms with van der Waals surface area (Å²) in [5.74, 6) is -0.412. The molecule has 33 heavy (non-hydrogen) atoms. The Labute approximate surface area is 200 Å². The lowest BCUT2D eigenvalue weighted by Crippen LogP contribution is -2.38. The van der Waals surface area contributed by atoms with Crippen LogP contribution in [0.1, 0.15) is 53.4 Å². The van der Waals surface area contributed by atoms with Gasteiger partial charge in [0.25, 0.3) is 0 Å². The third kappa shape index (κ3) is 16.1. The van der Waals surface area contributed by atoms with Crippen LogP contribution in [-0.2, 0) is 33.3 Å². The number of rotatable bonds is 18. The third-order valence-corrected chi connectivity index (χ3v) is 5.31. The number of ether oxygens (including phenoxy) is 5. The first-order valence-corrected chi connectivity index (χ1v) is 12.4. The molecule has 0 aromatic rings. The fraction of sp³-hybridized carbons (Fsp3) is 0.917. The molecule has 0 spiro atoms. The molecule has 1 saturated heterocycles. The summed E-state index contributed by atoms with van der Waals surface area (Å²) in [4.78, 5) is 28.1. The molecule has 0 bridgehead atoms. The maximum absolute atomic E-state index is 12.1. The average Bonchev–Trinajstić information content (AvgIpc) is 2.79. The van der Waals surface area contributed by atoms with Crippen LogP contribution in [0.25, 0.3) is 0 Å². The van der Waals surface area contributed by atoms with Crippen molar-refractivity contribution < 1.29 is 33.3 Å². The van der Waals surface area contributed by atoms with Gasteiger partial charge in [0.05, 0.1) is 45.1 Å². The highest BCUT2D eigenvalue weighted by Crippen LogP contribution is 2.04. The van der Waals surface area contributed by atoms with Gasteiger partial charge in [0.1, 0.15) is 12.7 Å². The van der Waals surface area contributed by atoms with Gasteiger partial charge in [-0.2, -0.15) is 0 Å². The average molecular weight is 475 g/mol. The Hall–Kier alpha value is -1.26. The number of carbonyl (C=O) groups excluding carboxylic acids is 2. The highest BCUT2D eigenvalue weighted by molar-refractivity contribution is 5.69. The molecule has 1 fully saturated rings. The van der Waals surface area contributed by atoms with E-state index < -0.39 is 0 Å². The van der Waals surface area contributed by atoms with E-state index in [0.29, 0.717) is 32.6 Å². The zero-order chi connectivity index (χ0) is 24.5. The van der Waals surface area contributed by atoms with Gasteiger partial charge in [0, 0.05) is 26.1 Å². The van der Waals surface area contributed by atoms with Crippen molar-refractivity contribution in [2.24, 2.45) is 0 Å². The van der Waals surface area contributed by atoms with E-state index in [2.05, 4.69) is 9.80 Å². The molecule has 0 aliphatic carbocycles. The van der Waals surface area contributed by atoms with Crippen LogP contribution in [0, 0.1) is 0 Å². The fourth-order valence-electron chi connectivity index (χ4n) is 3.28. The van der Waals surface area contributed by atoms with Crippen molar-refractivity contribution in [3.05, 3.63) is 0 Å². The zero-order valence-electron chi connectivity index (χ0n) is 21.4. The molecular formula is C24H46N2O7. The van der Waals surface area contributed by atoms with Crippen LogP contribution in [0.2, 0.25) is 0 Å². The number of morpholine rings is 1. The summed E-state index contributed by atoms with van der Waals surface area (Å²) in [7, 11) is 2.03.